The molecule has 0 fully saturated rings. The smallest absolute Gasteiger partial charge is 0.207 e. The Labute approximate surface area is 102 Å². The molecule has 3 aromatic rings. The van der Waals surface area contributed by atoms with Gasteiger partial charge in [0.15, 0.2) is 10.3 Å². The predicted molar refractivity (Wildman–Crippen MR) is 68.8 cm³/mol. The molecule has 0 unspecified atom stereocenters. The Hall–Kier alpha value is -2.21. The lowest BCUT2D eigenvalue weighted by molar-refractivity contribution is 1.18. The number of H-pyrrole nitrogens is 2. The summed E-state index contributed by atoms with van der Waals surface area (Å²) in [6, 6.07) is 9.76. The van der Waals surface area contributed by atoms with Crippen molar-refractivity contribution in [2.45, 2.75) is 0 Å². The molecule has 3 N–H and O–H groups in total. The van der Waals surface area contributed by atoms with Crippen molar-refractivity contribution in [3.63, 3.8) is 0 Å². The zero-order valence-electron chi connectivity index (χ0n) is 8.77. The first kappa shape index (κ1) is 9.98. The number of nitrogens with one attached hydrogen (secondary N) is 3. The van der Waals surface area contributed by atoms with Crippen LogP contribution in [0.2, 0.25) is 0 Å². The summed E-state index contributed by atoms with van der Waals surface area (Å²) in [6.45, 7) is 0. The van der Waals surface area contributed by atoms with Gasteiger partial charge in [0.25, 0.3) is 0 Å². The van der Waals surface area contributed by atoms with E-state index in [4.69, 9.17) is 12.2 Å². The molecule has 0 amide bonds. The Kier molecular flexibility index (Phi) is 2.34. The molecule has 3 rings (SSSR count). The van der Waals surface area contributed by atoms with Crippen molar-refractivity contribution in [2.75, 3.05) is 5.32 Å². The molecule has 0 atom stereocenters. The number of imidazole rings is 1. The molecule has 0 radical (unpaired) electrons. The third-order valence-electron chi connectivity index (χ3n) is 2.34. The minimum absolute atomic E-state index is 0.495. The summed E-state index contributed by atoms with van der Waals surface area (Å²) in [4.78, 5) is 14.4. The molecule has 5 nitrogen and oxygen atoms in total. The maximum atomic E-state index is 5.17. The van der Waals surface area contributed by atoms with Gasteiger partial charge in [0.2, 0.25) is 5.95 Å². The molecule has 0 saturated heterocycles. The Bertz CT molecular complexity index is 700. The fraction of sp³-hybridized carbons (Fsp3) is 0. The zero-order valence-corrected chi connectivity index (χ0v) is 9.58. The Morgan fingerprint density at radius 2 is 2.00 bits per heavy atom. The van der Waals surface area contributed by atoms with Gasteiger partial charge in [-0.3, -0.25) is 0 Å². The van der Waals surface area contributed by atoms with E-state index in [0.717, 1.165) is 11.2 Å². The Morgan fingerprint density at radius 3 is 2.82 bits per heavy atom. The highest BCUT2D eigenvalue weighted by Crippen LogP contribution is 2.14. The lowest BCUT2D eigenvalue weighted by Gasteiger charge is -2.04. The second kappa shape index (κ2) is 3.99. The molecule has 6 heteroatoms. The molecule has 17 heavy (non-hydrogen) atoms. The van der Waals surface area contributed by atoms with Crippen molar-refractivity contribution in [3.8, 4) is 0 Å². The topological polar surface area (TPSA) is 69.4 Å². The van der Waals surface area contributed by atoms with E-state index >= 15 is 0 Å². The molecule has 2 heterocycles. The van der Waals surface area contributed by atoms with Gasteiger partial charge < -0.3 is 15.3 Å². The molecule has 0 spiro atoms. The molecule has 1 aromatic carbocycles. The number of hydrogen-bond donors (Lipinski definition) is 3. The van der Waals surface area contributed by atoms with E-state index < -0.39 is 0 Å². The van der Waals surface area contributed by atoms with Crippen molar-refractivity contribution in [2.24, 2.45) is 0 Å². The van der Waals surface area contributed by atoms with E-state index in [1.165, 1.54) is 0 Å². The van der Waals surface area contributed by atoms with Gasteiger partial charge >= 0.3 is 0 Å². The largest absolute Gasteiger partial charge is 0.341 e. The molecule has 0 aliphatic heterocycles. The van der Waals surface area contributed by atoms with Crippen LogP contribution in [0.25, 0.3) is 11.2 Å². The number of para-hydroxylation sites is 1. The number of anilines is 2. The minimum Gasteiger partial charge on any atom is -0.341 e. The number of aromatic amines is 2. The van der Waals surface area contributed by atoms with E-state index in [1.54, 1.807) is 6.33 Å². The van der Waals surface area contributed by atoms with Crippen LogP contribution >= 0.6 is 12.2 Å². The van der Waals surface area contributed by atoms with Crippen molar-refractivity contribution in [3.05, 3.63) is 41.3 Å². The summed E-state index contributed by atoms with van der Waals surface area (Å²) in [5.74, 6) is 0.584. The van der Waals surface area contributed by atoms with Crippen LogP contribution in [0.5, 0.6) is 0 Å². The van der Waals surface area contributed by atoms with E-state index in [9.17, 15) is 0 Å². The summed E-state index contributed by atoms with van der Waals surface area (Å²) in [5.41, 5.74) is 2.39. The predicted octanol–water partition coefficient (Wildman–Crippen LogP) is 2.76. The van der Waals surface area contributed by atoms with Gasteiger partial charge in [0.1, 0.15) is 5.52 Å². The van der Waals surface area contributed by atoms with Crippen LogP contribution in [0.15, 0.2) is 36.7 Å². The number of rotatable bonds is 2. The number of fused-ring (bicyclic) bond motifs is 1. The summed E-state index contributed by atoms with van der Waals surface area (Å²) >= 11 is 5.17. The number of hydrogen-bond acceptors (Lipinski definition) is 4. The highest BCUT2D eigenvalue weighted by molar-refractivity contribution is 7.71. The fourth-order valence-corrected chi connectivity index (χ4v) is 1.81. The van der Waals surface area contributed by atoms with E-state index in [2.05, 4.69) is 25.3 Å². The second-order valence-electron chi connectivity index (χ2n) is 3.51. The maximum absolute atomic E-state index is 5.17. The SMILES string of the molecule is S=c1nc(Nc2ccccc2)[nH]c2nc[nH]c12. The lowest BCUT2D eigenvalue weighted by atomic mass is 10.3. The highest BCUT2D eigenvalue weighted by atomic mass is 32.1. The summed E-state index contributed by atoms with van der Waals surface area (Å²) in [7, 11) is 0. The maximum Gasteiger partial charge on any atom is 0.207 e. The van der Waals surface area contributed by atoms with Crippen LogP contribution < -0.4 is 5.32 Å². The quantitative estimate of drug-likeness (QED) is 0.605. The molecule has 0 aliphatic carbocycles. The number of nitrogens with zero attached hydrogens (tertiary/aromatic N) is 2. The van der Waals surface area contributed by atoms with Crippen LogP contribution in [0.3, 0.4) is 0 Å². The van der Waals surface area contributed by atoms with Crippen LogP contribution in [0, 0.1) is 4.64 Å². The first-order valence-corrected chi connectivity index (χ1v) is 5.49. The van der Waals surface area contributed by atoms with Crippen LogP contribution in [0.4, 0.5) is 11.6 Å². The molecule has 2 aromatic heterocycles. The lowest BCUT2D eigenvalue weighted by Crippen LogP contribution is -1.97. The summed E-state index contributed by atoms with van der Waals surface area (Å²) in [6.07, 6.45) is 1.59. The fourth-order valence-electron chi connectivity index (χ4n) is 1.57. The van der Waals surface area contributed by atoms with E-state index in [0.29, 0.717) is 16.2 Å². The Morgan fingerprint density at radius 1 is 1.18 bits per heavy atom. The van der Waals surface area contributed by atoms with Gasteiger partial charge in [0, 0.05) is 5.69 Å². The molecule has 0 bridgehead atoms. The van der Waals surface area contributed by atoms with Gasteiger partial charge in [-0.1, -0.05) is 30.4 Å². The monoisotopic (exact) mass is 243 g/mol. The van der Waals surface area contributed by atoms with Crippen LogP contribution in [0.1, 0.15) is 0 Å². The van der Waals surface area contributed by atoms with Gasteiger partial charge in [-0.25, -0.2) is 9.97 Å². The van der Waals surface area contributed by atoms with Gasteiger partial charge in [-0.15, -0.1) is 0 Å². The van der Waals surface area contributed by atoms with E-state index in [-0.39, 0.29) is 0 Å². The third-order valence-corrected chi connectivity index (χ3v) is 2.64. The van der Waals surface area contributed by atoms with Gasteiger partial charge in [-0.2, -0.15) is 0 Å². The first-order valence-electron chi connectivity index (χ1n) is 5.08. The number of benzene rings is 1. The van der Waals surface area contributed by atoms with Gasteiger partial charge in [0.05, 0.1) is 6.33 Å². The molecule has 84 valence electrons. The second-order valence-corrected chi connectivity index (χ2v) is 3.89. The Balaban J connectivity index is 2.04. The minimum atomic E-state index is 0.495. The molecular weight excluding hydrogens is 234 g/mol. The summed E-state index contributed by atoms with van der Waals surface area (Å²) < 4.78 is 0.495. The normalized spacial score (nSPS) is 10.6. The average Bonchev–Trinajstić information content (AvgIpc) is 2.79. The van der Waals surface area contributed by atoms with Crippen molar-refractivity contribution in [1.82, 2.24) is 19.9 Å². The van der Waals surface area contributed by atoms with Gasteiger partial charge in [-0.05, 0) is 12.1 Å². The molecule has 0 saturated carbocycles. The van der Waals surface area contributed by atoms with Crippen molar-refractivity contribution >= 4 is 35.0 Å². The molecular formula is C11H9N5S. The van der Waals surface area contributed by atoms with E-state index in [1.807, 2.05) is 30.3 Å². The van der Waals surface area contributed by atoms with Crippen molar-refractivity contribution < 1.29 is 0 Å². The van der Waals surface area contributed by atoms with Crippen LogP contribution in [-0.4, -0.2) is 19.9 Å². The standard InChI is InChI=1S/C11H9N5S/c17-10-8-9(13-6-12-8)15-11(16-10)14-7-4-2-1-3-5-7/h1-6H,(H3,12,13,14,15,16,17). The van der Waals surface area contributed by atoms with Crippen molar-refractivity contribution in [1.29, 1.82) is 0 Å². The number of aromatic nitrogens is 4. The zero-order chi connectivity index (χ0) is 11.7. The first-order chi connectivity index (χ1) is 8.33. The summed E-state index contributed by atoms with van der Waals surface area (Å²) in [5, 5.41) is 3.14. The third kappa shape index (κ3) is 1.90. The highest BCUT2D eigenvalue weighted by Gasteiger charge is 2.02. The average molecular weight is 243 g/mol. The molecule has 0 aliphatic rings. The van der Waals surface area contributed by atoms with Crippen LogP contribution in [-0.2, 0) is 0 Å².